The first-order valence-corrected chi connectivity index (χ1v) is 4.05. The van der Waals surface area contributed by atoms with Gasteiger partial charge in [-0.1, -0.05) is 6.92 Å². The minimum absolute atomic E-state index is 0.783. The first kappa shape index (κ1) is 8.02. The minimum Gasteiger partial charge on any atom is -0.383 e. The van der Waals surface area contributed by atoms with Crippen molar-refractivity contribution in [3.05, 3.63) is 0 Å². The summed E-state index contributed by atoms with van der Waals surface area (Å²) in [5, 5.41) is 3.43. The molecule has 0 atom stereocenters. The Morgan fingerprint density at radius 3 is 2.70 bits per heavy atom. The molecular weight excluding hydrogens is 126 g/mol. The molecule has 0 saturated heterocycles. The topological polar surface area (TPSA) is 21.3 Å². The van der Waals surface area contributed by atoms with Crippen molar-refractivity contribution in [2.45, 2.75) is 25.8 Å². The van der Waals surface area contributed by atoms with Gasteiger partial charge in [0.05, 0.1) is 6.61 Å². The molecule has 0 spiro atoms. The van der Waals surface area contributed by atoms with E-state index in [2.05, 4.69) is 12.2 Å². The molecule has 1 saturated carbocycles. The zero-order valence-electron chi connectivity index (χ0n) is 6.89. The maximum atomic E-state index is 4.93. The van der Waals surface area contributed by atoms with Crippen LogP contribution in [0.5, 0.6) is 0 Å². The fourth-order valence-electron chi connectivity index (χ4n) is 1.43. The van der Waals surface area contributed by atoms with Gasteiger partial charge < -0.3 is 10.1 Å². The van der Waals surface area contributed by atoms with Crippen LogP contribution in [-0.2, 0) is 4.74 Å². The fraction of sp³-hybridized carbons (Fsp3) is 1.00. The third-order valence-corrected chi connectivity index (χ3v) is 2.11. The zero-order valence-corrected chi connectivity index (χ0v) is 6.89. The lowest BCUT2D eigenvalue weighted by Crippen LogP contribution is -2.41. The number of rotatable bonds is 4. The summed E-state index contributed by atoms with van der Waals surface area (Å²) in [6.07, 6.45) is 2.70. The molecular formula is C8H17NO. The van der Waals surface area contributed by atoms with Crippen LogP contribution in [0.1, 0.15) is 19.8 Å². The maximum Gasteiger partial charge on any atom is 0.0587 e. The molecule has 0 heterocycles. The predicted molar refractivity (Wildman–Crippen MR) is 42.1 cm³/mol. The van der Waals surface area contributed by atoms with Crippen LogP contribution in [0.3, 0.4) is 0 Å². The molecule has 1 rings (SSSR count). The summed E-state index contributed by atoms with van der Waals surface area (Å²) < 4.78 is 4.93. The Hall–Kier alpha value is -0.0800. The lowest BCUT2D eigenvalue weighted by atomic mass is 9.82. The first-order chi connectivity index (χ1) is 4.83. The van der Waals surface area contributed by atoms with Crippen LogP contribution < -0.4 is 5.32 Å². The summed E-state index contributed by atoms with van der Waals surface area (Å²) in [5.41, 5.74) is 0. The second-order valence-corrected chi connectivity index (χ2v) is 3.22. The molecule has 1 N–H and O–H groups in total. The Morgan fingerprint density at radius 1 is 1.50 bits per heavy atom. The molecule has 0 unspecified atom stereocenters. The van der Waals surface area contributed by atoms with Gasteiger partial charge in [-0.3, -0.25) is 0 Å². The lowest BCUT2D eigenvalue weighted by molar-refractivity contribution is 0.175. The highest BCUT2D eigenvalue weighted by Crippen LogP contribution is 2.25. The fourth-order valence-corrected chi connectivity index (χ4v) is 1.43. The molecule has 60 valence electrons. The largest absolute Gasteiger partial charge is 0.383 e. The van der Waals surface area contributed by atoms with Crippen LogP contribution >= 0.6 is 0 Å². The van der Waals surface area contributed by atoms with Gasteiger partial charge in [0.15, 0.2) is 0 Å². The van der Waals surface area contributed by atoms with Crippen molar-refractivity contribution < 1.29 is 4.74 Å². The highest BCUT2D eigenvalue weighted by atomic mass is 16.5. The van der Waals surface area contributed by atoms with E-state index < -0.39 is 0 Å². The summed E-state index contributed by atoms with van der Waals surface area (Å²) in [6, 6.07) is 0.783. The summed E-state index contributed by atoms with van der Waals surface area (Å²) in [4.78, 5) is 0. The van der Waals surface area contributed by atoms with Gasteiger partial charge in [-0.05, 0) is 18.8 Å². The van der Waals surface area contributed by atoms with Crippen LogP contribution in [0.2, 0.25) is 0 Å². The monoisotopic (exact) mass is 143 g/mol. The van der Waals surface area contributed by atoms with Crippen molar-refractivity contribution in [2.75, 3.05) is 20.3 Å². The van der Waals surface area contributed by atoms with Gasteiger partial charge in [0.1, 0.15) is 0 Å². The van der Waals surface area contributed by atoms with E-state index in [-0.39, 0.29) is 0 Å². The molecule has 0 aliphatic heterocycles. The molecule has 0 aromatic carbocycles. The third-order valence-electron chi connectivity index (χ3n) is 2.11. The standard InChI is InChI=1S/C8H17NO/c1-7-5-8(6-7)9-3-4-10-2/h7-9H,3-6H2,1-2H3. The van der Waals surface area contributed by atoms with E-state index in [0.717, 1.165) is 25.1 Å². The van der Waals surface area contributed by atoms with Gasteiger partial charge in [-0.25, -0.2) is 0 Å². The number of nitrogens with one attached hydrogen (secondary N) is 1. The van der Waals surface area contributed by atoms with Crippen LogP contribution in [-0.4, -0.2) is 26.3 Å². The van der Waals surface area contributed by atoms with Crippen molar-refractivity contribution >= 4 is 0 Å². The van der Waals surface area contributed by atoms with Gasteiger partial charge in [-0.2, -0.15) is 0 Å². The number of ether oxygens (including phenoxy) is 1. The van der Waals surface area contributed by atoms with Crippen molar-refractivity contribution in [3.8, 4) is 0 Å². The molecule has 1 aliphatic rings. The van der Waals surface area contributed by atoms with Crippen LogP contribution in [0.15, 0.2) is 0 Å². The normalized spacial score (nSPS) is 31.8. The molecule has 0 aromatic heterocycles. The molecule has 0 radical (unpaired) electrons. The van der Waals surface area contributed by atoms with E-state index in [4.69, 9.17) is 4.74 Å². The third kappa shape index (κ3) is 2.27. The van der Waals surface area contributed by atoms with Crippen molar-refractivity contribution in [1.29, 1.82) is 0 Å². The molecule has 0 amide bonds. The van der Waals surface area contributed by atoms with Gasteiger partial charge in [0, 0.05) is 19.7 Å². The Balaban J connectivity index is 1.86. The molecule has 2 nitrogen and oxygen atoms in total. The van der Waals surface area contributed by atoms with Crippen LogP contribution in [0.25, 0.3) is 0 Å². The number of methoxy groups -OCH3 is 1. The molecule has 1 aliphatic carbocycles. The minimum atomic E-state index is 0.783. The van der Waals surface area contributed by atoms with Crippen LogP contribution in [0, 0.1) is 5.92 Å². The highest BCUT2D eigenvalue weighted by Gasteiger charge is 2.23. The van der Waals surface area contributed by atoms with E-state index in [0.29, 0.717) is 0 Å². The lowest BCUT2D eigenvalue weighted by Gasteiger charge is -2.33. The van der Waals surface area contributed by atoms with Crippen molar-refractivity contribution in [2.24, 2.45) is 5.92 Å². The Labute approximate surface area is 63.0 Å². The van der Waals surface area contributed by atoms with Gasteiger partial charge in [0.2, 0.25) is 0 Å². The van der Waals surface area contributed by atoms with E-state index in [1.54, 1.807) is 7.11 Å². The SMILES string of the molecule is COCCNC1CC(C)C1. The first-order valence-electron chi connectivity index (χ1n) is 4.05. The summed E-state index contributed by atoms with van der Waals surface area (Å²) in [6.45, 7) is 4.15. The van der Waals surface area contributed by atoms with E-state index in [9.17, 15) is 0 Å². The maximum absolute atomic E-state index is 4.93. The molecule has 0 aromatic rings. The molecule has 0 bridgehead atoms. The van der Waals surface area contributed by atoms with E-state index in [1.807, 2.05) is 0 Å². The Morgan fingerprint density at radius 2 is 2.20 bits per heavy atom. The summed E-state index contributed by atoms with van der Waals surface area (Å²) in [7, 11) is 1.74. The zero-order chi connectivity index (χ0) is 7.40. The van der Waals surface area contributed by atoms with Gasteiger partial charge in [-0.15, -0.1) is 0 Å². The molecule has 10 heavy (non-hydrogen) atoms. The average Bonchev–Trinajstić information content (AvgIpc) is 1.85. The smallest absolute Gasteiger partial charge is 0.0587 e. The summed E-state index contributed by atoms with van der Waals surface area (Å²) >= 11 is 0. The summed E-state index contributed by atoms with van der Waals surface area (Å²) in [5.74, 6) is 0.944. The van der Waals surface area contributed by atoms with Crippen molar-refractivity contribution in [1.82, 2.24) is 5.32 Å². The van der Waals surface area contributed by atoms with Crippen molar-refractivity contribution in [3.63, 3.8) is 0 Å². The number of hydrogen-bond acceptors (Lipinski definition) is 2. The van der Waals surface area contributed by atoms with Gasteiger partial charge >= 0.3 is 0 Å². The molecule has 1 fully saturated rings. The highest BCUT2D eigenvalue weighted by molar-refractivity contribution is 4.81. The van der Waals surface area contributed by atoms with Crippen LogP contribution in [0.4, 0.5) is 0 Å². The quantitative estimate of drug-likeness (QED) is 0.593. The Kier molecular flexibility index (Phi) is 3.16. The van der Waals surface area contributed by atoms with E-state index in [1.165, 1.54) is 12.8 Å². The van der Waals surface area contributed by atoms with Gasteiger partial charge in [0.25, 0.3) is 0 Å². The second-order valence-electron chi connectivity index (χ2n) is 3.22. The van der Waals surface area contributed by atoms with E-state index >= 15 is 0 Å². The number of hydrogen-bond donors (Lipinski definition) is 1. The average molecular weight is 143 g/mol. The second kappa shape index (κ2) is 3.94. The molecule has 2 heteroatoms. The predicted octanol–water partition coefficient (Wildman–Crippen LogP) is 1.02. The Bertz CT molecular complexity index is 89.3.